The van der Waals surface area contributed by atoms with E-state index in [2.05, 4.69) is 10.1 Å². The number of alkyl halides is 2. The minimum absolute atomic E-state index is 0.128. The lowest BCUT2D eigenvalue weighted by Crippen LogP contribution is -2.15. The molecule has 7 heteroatoms. The molecule has 3 aromatic rings. The molecule has 0 N–H and O–H groups in total. The molecule has 1 aliphatic heterocycles. The van der Waals surface area contributed by atoms with Gasteiger partial charge in [0, 0.05) is 18.4 Å². The molecule has 0 radical (unpaired) electrons. The molecule has 25 heavy (non-hydrogen) atoms. The summed E-state index contributed by atoms with van der Waals surface area (Å²) in [7, 11) is 0. The average Bonchev–Trinajstić information content (AvgIpc) is 3.25. The van der Waals surface area contributed by atoms with Crippen LogP contribution in [-0.4, -0.2) is 27.5 Å². The highest BCUT2D eigenvalue weighted by Crippen LogP contribution is 2.29. The van der Waals surface area contributed by atoms with E-state index in [1.165, 1.54) is 12.1 Å². The van der Waals surface area contributed by atoms with Crippen molar-refractivity contribution < 1.29 is 17.9 Å². The Morgan fingerprint density at radius 3 is 2.84 bits per heavy atom. The molecule has 4 nitrogen and oxygen atoms in total. The highest BCUT2D eigenvalue weighted by Gasteiger charge is 2.18. The van der Waals surface area contributed by atoms with Crippen molar-refractivity contribution in [2.24, 2.45) is 0 Å². The molecule has 3 heterocycles. The second-order valence-corrected chi connectivity index (χ2v) is 6.13. The van der Waals surface area contributed by atoms with Gasteiger partial charge in [-0.05, 0) is 36.6 Å². The van der Waals surface area contributed by atoms with Crippen LogP contribution in [0.4, 0.5) is 13.2 Å². The first-order valence-corrected chi connectivity index (χ1v) is 8.13. The first-order valence-electron chi connectivity index (χ1n) is 8.13. The summed E-state index contributed by atoms with van der Waals surface area (Å²) >= 11 is 0. The van der Waals surface area contributed by atoms with Gasteiger partial charge in [-0.3, -0.25) is 9.67 Å². The van der Waals surface area contributed by atoms with E-state index in [9.17, 15) is 13.2 Å². The minimum atomic E-state index is -2.86. The van der Waals surface area contributed by atoms with Gasteiger partial charge in [-0.1, -0.05) is 6.07 Å². The van der Waals surface area contributed by atoms with E-state index in [0.717, 1.165) is 36.5 Å². The van der Waals surface area contributed by atoms with Crippen LogP contribution in [-0.2, 0) is 11.3 Å². The van der Waals surface area contributed by atoms with Crippen LogP contribution in [0.2, 0.25) is 0 Å². The highest BCUT2D eigenvalue weighted by molar-refractivity contribution is 5.80. The Morgan fingerprint density at radius 2 is 2.08 bits per heavy atom. The third-order valence-electron chi connectivity index (χ3n) is 4.46. The quantitative estimate of drug-likeness (QED) is 0.704. The van der Waals surface area contributed by atoms with E-state index in [1.54, 1.807) is 12.4 Å². The molecule has 130 valence electrons. The van der Waals surface area contributed by atoms with Gasteiger partial charge in [0.25, 0.3) is 6.43 Å². The largest absolute Gasteiger partial charge is 0.376 e. The van der Waals surface area contributed by atoms with Crippen LogP contribution < -0.4 is 0 Å². The first kappa shape index (κ1) is 16.1. The number of pyridine rings is 1. The van der Waals surface area contributed by atoms with Crippen LogP contribution in [0.1, 0.15) is 24.8 Å². The molecule has 1 fully saturated rings. The van der Waals surface area contributed by atoms with Crippen molar-refractivity contribution in [3.05, 3.63) is 48.0 Å². The fourth-order valence-corrected chi connectivity index (χ4v) is 3.13. The van der Waals surface area contributed by atoms with Gasteiger partial charge in [-0.25, -0.2) is 13.2 Å². The molecule has 2 aromatic heterocycles. The summed E-state index contributed by atoms with van der Waals surface area (Å²) in [6, 6.07) is 5.55. The molecule has 4 rings (SSSR count). The topological polar surface area (TPSA) is 39.9 Å². The van der Waals surface area contributed by atoms with Crippen molar-refractivity contribution in [1.82, 2.24) is 14.8 Å². The lowest BCUT2D eigenvalue weighted by molar-refractivity contribution is 0.0951. The summed E-state index contributed by atoms with van der Waals surface area (Å²) in [5.41, 5.74) is 2.05. The predicted octanol–water partition coefficient (Wildman–Crippen LogP) is 4.35. The Balaban J connectivity index is 1.72. The van der Waals surface area contributed by atoms with Crippen LogP contribution >= 0.6 is 0 Å². The molecule has 0 amide bonds. The number of ether oxygens (including phenoxy) is 1. The molecule has 1 atom stereocenters. The predicted molar refractivity (Wildman–Crippen MR) is 86.9 cm³/mol. The Hall–Kier alpha value is -2.41. The van der Waals surface area contributed by atoms with Gasteiger partial charge in [0.05, 0.1) is 29.9 Å². The first-order chi connectivity index (χ1) is 12.1. The second kappa shape index (κ2) is 6.48. The normalized spacial score (nSPS) is 17.7. The maximum absolute atomic E-state index is 13.5. The van der Waals surface area contributed by atoms with Gasteiger partial charge in [-0.2, -0.15) is 5.10 Å². The number of fused-ring (bicyclic) bond motifs is 1. The highest BCUT2D eigenvalue weighted by atomic mass is 19.3. The Bertz CT molecular complexity index is 904. The van der Waals surface area contributed by atoms with Crippen LogP contribution in [0.5, 0.6) is 0 Å². The van der Waals surface area contributed by atoms with E-state index in [0.29, 0.717) is 17.7 Å². The Labute approximate surface area is 142 Å². The van der Waals surface area contributed by atoms with Gasteiger partial charge in [0.2, 0.25) is 0 Å². The molecule has 0 saturated carbocycles. The third-order valence-corrected chi connectivity index (χ3v) is 4.46. The lowest BCUT2D eigenvalue weighted by Gasteiger charge is -2.11. The van der Waals surface area contributed by atoms with Crippen molar-refractivity contribution in [2.75, 3.05) is 6.61 Å². The second-order valence-electron chi connectivity index (χ2n) is 6.13. The summed E-state index contributed by atoms with van der Waals surface area (Å²) in [4.78, 5) is 4.34. The molecule has 0 aliphatic carbocycles. The fraction of sp³-hybridized carbons (Fsp3) is 0.333. The van der Waals surface area contributed by atoms with Crippen molar-refractivity contribution in [1.29, 1.82) is 0 Å². The van der Waals surface area contributed by atoms with Crippen LogP contribution in [0, 0.1) is 5.82 Å². The number of hydrogen-bond donors (Lipinski definition) is 0. The summed E-state index contributed by atoms with van der Waals surface area (Å²) < 4.78 is 46.8. The Kier molecular flexibility index (Phi) is 4.17. The number of hydrogen-bond acceptors (Lipinski definition) is 3. The van der Waals surface area contributed by atoms with Gasteiger partial charge >= 0.3 is 0 Å². The van der Waals surface area contributed by atoms with Crippen molar-refractivity contribution in [2.45, 2.75) is 31.9 Å². The number of aromatic nitrogens is 3. The molecular weight excluding hydrogens is 331 g/mol. The summed E-state index contributed by atoms with van der Waals surface area (Å²) in [6.45, 7) is 1.39. The SMILES string of the molecule is Fc1ccc(-c2cnc3cnn(C[C@H]4CCCO4)c3c2)cc1C(F)F. The maximum atomic E-state index is 13.5. The van der Waals surface area contributed by atoms with Gasteiger partial charge in [-0.15, -0.1) is 0 Å². The summed E-state index contributed by atoms with van der Waals surface area (Å²) in [5.74, 6) is -0.906. The van der Waals surface area contributed by atoms with E-state index in [-0.39, 0.29) is 6.10 Å². The molecule has 1 aliphatic rings. The van der Waals surface area contributed by atoms with E-state index >= 15 is 0 Å². The number of rotatable bonds is 4. The van der Waals surface area contributed by atoms with Gasteiger partial charge in [0.15, 0.2) is 0 Å². The summed E-state index contributed by atoms with van der Waals surface area (Å²) in [5, 5.41) is 4.35. The molecule has 1 aromatic carbocycles. The number of halogens is 3. The zero-order chi connectivity index (χ0) is 17.4. The van der Waals surface area contributed by atoms with E-state index in [1.807, 2.05) is 10.7 Å². The van der Waals surface area contributed by atoms with Gasteiger partial charge in [0.1, 0.15) is 11.3 Å². The van der Waals surface area contributed by atoms with Crippen molar-refractivity contribution in [3.8, 4) is 11.1 Å². The molecule has 0 unspecified atom stereocenters. The van der Waals surface area contributed by atoms with Crippen LogP contribution in [0.3, 0.4) is 0 Å². The standard InChI is InChI=1S/C18H16F3N3O/c19-15-4-3-11(6-14(15)18(20)21)12-7-17-16(22-8-12)9-23-24(17)10-13-2-1-5-25-13/h3-4,6-9,13,18H,1-2,5,10H2/t13-/m1/s1. The summed E-state index contributed by atoms with van der Waals surface area (Å²) in [6.07, 6.45) is 2.56. The zero-order valence-electron chi connectivity index (χ0n) is 13.3. The average molecular weight is 347 g/mol. The van der Waals surface area contributed by atoms with Gasteiger partial charge < -0.3 is 4.74 Å². The molecular formula is C18H16F3N3O. The van der Waals surface area contributed by atoms with Crippen LogP contribution in [0.15, 0.2) is 36.7 Å². The monoisotopic (exact) mass is 347 g/mol. The minimum Gasteiger partial charge on any atom is -0.376 e. The molecule has 0 bridgehead atoms. The number of benzene rings is 1. The van der Waals surface area contributed by atoms with E-state index < -0.39 is 17.8 Å². The molecule has 1 saturated heterocycles. The smallest absolute Gasteiger partial charge is 0.266 e. The zero-order valence-corrected chi connectivity index (χ0v) is 13.3. The van der Waals surface area contributed by atoms with Crippen molar-refractivity contribution in [3.63, 3.8) is 0 Å². The maximum Gasteiger partial charge on any atom is 0.266 e. The fourth-order valence-electron chi connectivity index (χ4n) is 3.13. The lowest BCUT2D eigenvalue weighted by atomic mass is 10.0. The third kappa shape index (κ3) is 3.11. The number of nitrogens with zero attached hydrogens (tertiary/aromatic N) is 3. The Morgan fingerprint density at radius 1 is 1.20 bits per heavy atom. The molecule has 0 spiro atoms. The van der Waals surface area contributed by atoms with Crippen LogP contribution in [0.25, 0.3) is 22.2 Å². The van der Waals surface area contributed by atoms with E-state index in [4.69, 9.17) is 4.74 Å². The van der Waals surface area contributed by atoms with Crippen molar-refractivity contribution >= 4 is 11.0 Å².